The van der Waals surface area contributed by atoms with E-state index < -0.39 is 6.04 Å². The number of aryl methyl sites for hydroxylation is 1. The molecule has 0 aliphatic heterocycles. The highest BCUT2D eigenvalue weighted by atomic mass is 35.5. The van der Waals surface area contributed by atoms with Gasteiger partial charge in [-0.25, -0.2) is 0 Å². The summed E-state index contributed by atoms with van der Waals surface area (Å²) in [5, 5.41) is 3.95. The zero-order valence-electron chi connectivity index (χ0n) is 19.0. The summed E-state index contributed by atoms with van der Waals surface area (Å²) < 4.78 is 0. The molecule has 7 heteroatoms. The molecule has 0 heterocycles. The van der Waals surface area contributed by atoms with E-state index in [1.165, 1.54) is 11.1 Å². The van der Waals surface area contributed by atoms with Crippen LogP contribution in [0.25, 0.3) is 0 Å². The third-order valence-electron chi connectivity index (χ3n) is 5.18. The second kappa shape index (κ2) is 13.8. The van der Waals surface area contributed by atoms with Crippen LogP contribution in [0.4, 0.5) is 0 Å². The first-order chi connectivity index (χ1) is 15.4. The second-order valence-corrected chi connectivity index (χ2v) is 9.57. The van der Waals surface area contributed by atoms with Crippen LogP contribution in [-0.2, 0) is 21.9 Å². The van der Waals surface area contributed by atoms with Gasteiger partial charge in [0, 0.05) is 34.5 Å². The van der Waals surface area contributed by atoms with Crippen molar-refractivity contribution >= 4 is 46.8 Å². The van der Waals surface area contributed by atoms with E-state index in [1.54, 1.807) is 34.9 Å². The lowest BCUT2D eigenvalue weighted by molar-refractivity contribution is -0.139. The number of carbonyl (C=O) groups is 2. The number of nitrogens with zero attached hydrogens (tertiary/aromatic N) is 1. The minimum absolute atomic E-state index is 0.101. The fourth-order valence-corrected chi connectivity index (χ4v) is 4.80. The molecule has 0 aromatic heterocycles. The Labute approximate surface area is 206 Å². The summed E-state index contributed by atoms with van der Waals surface area (Å²) in [6.07, 6.45) is 2.40. The van der Waals surface area contributed by atoms with Crippen LogP contribution >= 0.6 is 35.0 Å². The van der Waals surface area contributed by atoms with Gasteiger partial charge in [-0.1, -0.05) is 79.4 Å². The summed E-state index contributed by atoms with van der Waals surface area (Å²) in [7, 11) is 0. The third kappa shape index (κ3) is 8.02. The van der Waals surface area contributed by atoms with Crippen LogP contribution in [0.2, 0.25) is 10.0 Å². The summed E-state index contributed by atoms with van der Waals surface area (Å²) in [5.74, 6) is 0.764. The van der Waals surface area contributed by atoms with Gasteiger partial charge in [0.25, 0.3) is 0 Å². The van der Waals surface area contributed by atoms with Gasteiger partial charge in [-0.05, 0) is 37.5 Å². The van der Waals surface area contributed by atoms with E-state index in [4.69, 9.17) is 23.2 Å². The van der Waals surface area contributed by atoms with Gasteiger partial charge in [0.1, 0.15) is 6.04 Å². The van der Waals surface area contributed by atoms with Gasteiger partial charge >= 0.3 is 0 Å². The fourth-order valence-electron chi connectivity index (χ4n) is 3.42. The number of carbonyl (C=O) groups excluding carboxylic acids is 2. The smallest absolute Gasteiger partial charge is 0.242 e. The summed E-state index contributed by atoms with van der Waals surface area (Å²) >= 11 is 14.3. The van der Waals surface area contributed by atoms with Gasteiger partial charge < -0.3 is 10.2 Å². The molecule has 1 atom stereocenters. The lowest BCUT2D eigenvalue weighted by Crippen LogP contribution is -2.49. The van der Waals surface area contributed by atoms with Crippen LogP contribution in [0.1, 0.15) is 49.8 Å². The summed E-state index contributed by atoms with van der Waals surface area (Å²) in [6.45, 7) is 6.84. The molecule has 0 saturated heterocycles. The van der Waals surface area contributed by atoms with Crippen molar-refractivity contribution < 1.29 is 9.59 Å². The Balaban J connectivity index is 2.17. The zero-order valence-corrected chi connectivity index (χ0v) is 21.3. The number of amides is 2. The largest absolute Gasteiger partial charge is 0.354 e. The maximum Gasteiger partial charge on any atom is 0.242 e. The van der Waals surface area contributed by atoms with E-state index in [0.717, 1.165) is 18.6 Å². The average molecular weight is 496 g/mol. The molecule has 0 bridgehead atoms. The van der Waals surface area contributed by atoms with E-state index in [1.807, 2.05) is 13.0 Å². The molecule has 0 aliphatic rings. The summed E-state index contributed by atoms with van der Waals surface area (Å²) in [5.41, 5.74) is 3.03. The predicted molar refractivity (Wildman–Crippen MR) is 136 cm³/mol. The van der Waals surface area contributed by atoms with Crippen LogP contribution in [0.5, 0.6) is 0 Å². The first-order valence-corrected chi connectivity index (χ1v) is 12.9. The molecular weight excluding hydrogens is 463 g/mol. The lowest BCUT2D eigenvalue weighted by atomic mass is 10.1. The van der Waals surface area contributed by atoms with Crippen LogP contribution in [0.3, 0.4) is 0 Å². The number of hydrogen-bond acceptors (Lipinski definition) is 3. The molecular formula is C25H32Cl2N2O2S. The zero-order chi connectivity index (χ0) is 23.5. The maximum atomic E-state index is 13.3. The van der Waals surface area contributed by atoms with Gasteiger partial charge in [0.05, 0.1) is 5.75 Å². The van der Waals surface area contributed by atoms with Crippen molar-refractivity contribution in [2.24, 2.45) is 0 Å². The standard InChI is InChI=1S/C25H32Cl2N2O2S/c1-4-6-13-28-25(31)23(5-2)29(15-20-21(26)11-8-12-22(20)27)24(30)17-32-16-19-10-7-9-18(3)14-19/h7-12,14,23H,4-6,13,15-17H2,1-3H3,(H,28,31)/t23-/m0/s1. The fraction of sp³-hybridized carbons (Fsp3) is 0.440. The van der Waals surface area contributed by atoms with E-state index >= 15 is 0 Å². The monoisotopic (exact) mass is 494 g/mol. The lowest BCUT2D eigenvalue weighted by Gasteiger charge is -2.31. The SMILES string of the molecule is CCCCNC(=O)[C@H](CC)N(Cc1c(Cl)cccc1Cl)C(=O)CSCc1cccc(C)c1. The Morgan fingerprint density at radius 2 is 1.78 bits per heavy atom. The van der Waals surface area contributed by atoms with Crippen LogP contribution in [0.15, 0.2) is 42.5 Å². The highest BCUT2D eigenvalue weighted by molar-refractivity contribution is 7.99. The molecule has 4 nitrogen and oxygen atoms in total. The van der Waals surface area contributed by atoms with Crippen molar-refractivity contribution in [3.8, 4) is 0 Å². The number of benzene rings is 2. The van der Waals surface area contributed by atoms with Gasteiger partial charge in [-0.15, -0.1) is 11.8 Å². The molecule has 2 amide bonds. The van der Waals surface area contributed by atoms with Crippen molar-refractivity contribution in [3.05, 3.63) is 69.2 Å². The number of rotatable bonds is 12. The van der Waals surface area contributed by atoms with Crippen molar-refractivity contribution in [2.45, 2.75) is 58.4 Å². The van der Waals surface area contributed by atoms with Crippen LogP contribution in [-0.4, -0.2) is 35.1 Å². The molecule has 0 saturated carbocycles. The molecule has 0 aliphatic carbocycles. The number of unbranched alkanes of at least 4 members (excludes halogenated alkanes) is 1. The number of thioether (sulfide) groups is 1. The first-order valence-electron chi connectivity index (χ1n) is 11.0. The Morgan fingerprint density at radius 1 is 1.09 bits per heavy atom. The highest BCUT2D eigenvalue weighted by Gasteiger charge is 2.29. The van der Waals surface area contributed by atoms with Gasteiger partial charge in [0.15, 0.2) is 0 Å². The number of hydrogen-bond donors (Lipinski definition) is 1. The quantitative estimate of drug-likeness (QED) is 0.354. The van der Waals surface area contributed by atoms with E-state index in [0.29, 0.717) is 28.6 Å². The second-order valence-electron chi connectivity index (χ2n) is 7.77. The molecule has 1 N–H and O–H groups in total. The van der Waals surface area contributed by atoms with Crippen molar-refractivity contribution in [2.75, 3.05) is 12.3 Å². The molecule has 2 rings (SSSR count). The van der Waals surface area contributed by atoms with E-state index in [2.05, 4.69) is 37.4 Å². The third-order valence-corrected chi connectivity index (χ3v) is 6.88. The van der Waals surface area contributed by atoms with Crippen molar-refractivity contribution in [1.82, 2.24) is 10.2 Å². The van der Waals surface area contributed by atoms with Gasteiger partial charge in [-0.3, -0.25) is 9.59 Å². The number of nitrogens with one attached hydrogen (secondary N) is 1. The summed E-state index contributed by atoms with van der Waals surface area (Å²) in [6, 6.07) is 12.9. The molecule has 0 radical (unpaired) electrons. The first kappa shape index (κ1) is 26.6. The number of halogens is 2. The molecule has 0 spiro atoms. The maximum absolute atomic E-state index is 13.3. The summed E-state index contributed by atoms with van der Waals surface area (Å²) in [4.78, 5) is 27.8. The molecule has 0 fully saturated rings. The minimum atomic E-state index is -0.578. The molecule has 32 heavy (non-hydrogen) atoms. The van der Waals surface area contributed by atoms with Gasteiger partial charge in [0.2, 0.25) is 11.8 Å². The van der Waals surface area contributed by atoms with E-state index in [9.17, 15) is 9.59 Å². The Kier molecular flexibility index (Phi) is 11.4. The minimum Gasteiger partial charge on any atom is -0.354 e. The molecule has 174 valence electrons. The van der Waals surface area contributed by atoms with Gasteiger partial charge in [-0.2, -0.15) is 0 Å². The van der Waals surface area contributed by atoms with Crippen molar-refractivity contribution in [1.29, 1.82) is 0 Å². The van der Waals surface area contributed by atoms with E-state index in [-0.39, 0.29) is 24.1 Å². The average Bonchev–Trinajstić information content (AvgIpc) is 2.75. The van der Waals surface area contributed by atoms with Crippen LogP contribution < -0.4 is 5.32 Å². The Bertz CT molecular complexity index is 887. The predicted octanol–water partition coefficient (Wildman–Crippen LogP) is 6.26. The molecule has 0 unspecified atom stereocenters. The topological polar surface area (TPSA) is 49.4 Å². The highest BCUT2D eigenvalue weighted by Crippen LogP contribution is 2.27. The molecule has 2 aromatic rings. The Morgan fingerprint density at radius 3 is 2.41 bits per heavy atom. The van der Waals surface area contributed by atoms with Crippen LogP contribution in [0, 0.1) is 6.92 Å². The van der Waals surface area contributed by atoms with Crippen molar-refractivity contribution in [3.63, 3.8) is 0 Å². The normalized spacial score (nSPS) is 11.8. The molecule has 2 aromatic carbocycles. The Hall–Kier alpha value is -1.69.